The number of nitrogens with two attached hydrogens (primary N) is 1. The molecule has 0 aliphatic carbocycles. The first-order valence-corrected chi connectivity index (χ1v) is 11.6. The molecule has 0 aromatic heterocycles. The Morgan fingerprint density at radius 1 is 1.12 bits per heavy atom. The first-order valence-electron chi connectivity index (χ1n) is 11.6. The van der Waals surface area contributed by atoms with E-state index in [-0.39, 0.29) is 11.9 Å². The quantitative estimate of drug-likeness (QED) is 0.537. The lowest BCUT2D eigenvalue weighted by atomic mass is 9.72. The minimum Gasteiger partial charge on any atom is -0.468 e. The van der Waals surface area contributed by atoms with Crippen molar-refractivity contribution < 1.29 is 14.3 Å². The van der Waals surface area contributed by atoms with Crippen LogP contribution in [0.5, 0.6) is 5.75 Å². The number of imide groups is 1. The van der Waals surface area contributed by atoms with Crippen LogP contribution in [0.3, 0.4) is 0 Å². The summed E-state index contributed by atoms with van der Waals surface area (Å²) >= 11 is 0. The highest BCUT2D eigenvalue weighted by atomic mass is 16.5. The highest BCUT2D eigenvalue weighted by molar-refractivity contribution is 6.03. The SMILES string of the molecule is CCCC(NC(=O)N1C(=O)C(CC)(CC)C1Oc1ccccc1CN)c1ccc(C)cc1. The molecule has 1 saturated heterocycles. The number of rotatable bonds is 9. The van der Waals surface area contributed by atoms with Crippen molar-refractivity contribution in [2.24, 2.45) is 11.1 Å². The normalized spacial score (nSPS) is 18.1. The predicted molar refractivity (Wildman–Crippen MR) is 126 cm³/mol. The Bertz CT molecular complexity index is 938. The van der Waals surface area contributed by atoms with Gasteiger partial charge in [0.2, 0.25) is 5.91 Å². The van der Waals surface area contributed by atoms with Crippen LogP contribution >= 0.6 is 0 Å². The summed E-state index contributed by atoms with van der Waals surface area (Å²) in [5.41, 5.74) is 8.19. The Morgan fingerprint density at radius 3 is 2.38 bits per heavy atom. The van der Waals surface area contributed by atoms with Gasteiger partial charge >= 0.3 is 6.03 Å². The zero-order chi connectivity index (χ0) is 23.3. The fourth-order valence-corrected chi connectivity index (χ4v) is 4.43. The summed E-state index contributed by atoms with van der Waals surface area (Å²) in [6.07, 6.45) is 2.21. The van der Waals surface area contributed by atoms with E-state index in [9.17, 15) is 9.59 Å². The van der Waals surface area contributed by atoms with Gasteiger partial charge in [-0.15, -0.1) is 0 Å². The molecule has 0 spiro atoms. The Balaban J connectivity index is 1.86. The molecule has 6 nitrogen and oxygen atoms in total. The van der Waals surface area contributed by atoms with Crippen LogP contribution in [0.25, 0.3) is 0 Å². The average molecular weight is 438 g/mol. The molecule has 2 aromatic carbocycles. The number of carbonyl (C=O) groups excluding carboxylic acids is 2. The fraction of sp³-hybridized carbons (Fsp3) is 0.462. The second kappa shape index (κ2) is 10.2. The molecule has 2 unspecified atom stereocenters. The largest absolute Gasteiger partial charge is 0.468 e. The van der Waals surface area contributed by atoms with Crippen LogP contribution in [0.4, 0.5) is 4.79 Å². The van der Waals surface area contributed by atoms with Crippen molar-refractivity contribution in [1.29, 1.82) is 0 Å². The Hall–Kier alpha value is -2.86. The van der Waals surface area contributed by atoms with Gasteiger partial charge < -0.3 is 15.8 Å². The minimum atomic E-state index is -0.719. The summed E-state index contributed by atoms with van der Waals surface area (Å²) in [7, 11) is 0. The molecule has 2 aromatic rings. The van der Waals surface area contributed by atoms with Gasteiger partial charge in [-0.1, -0.05) is 75.2 Å². The summed E-state index contributed by atoms with van der Waals surface area (Å²) in [6, 6.07) is 15.0. The van der Waals surface area contributed by atoms with Crippen LogP contribution < -0.4 is 15.8 Å². The molecule has 1 aliphatic heterocycles. The average Bonchev–Trinajstić information content (AvgIpc) is 2.80. The van der Waals surface area contributed by atoms with Crippen molar-refractivity contribution in [1.82, 2.24) is 10.2 Å². The number of hydrogen-bond acceptors (Lipinski definition) is 4. The molecule has 1 fully saturated rings. The standard InChI is InChI=1S/C26H35N3O3/c1-5-10-21(19-15-13-18(4)14-16-19)28-25(31)29-23(30)26(6-2,7-3)24(29)32-22-12-9-8-11-20(22)17-27/h8-9,11-16,21,24H,5-7,10,17,27H2,1-4H3,(H,28,31). The van der Waals surface area contributed by atoms with Crippen molar-refractivity contribution in [3.63, 3.8) is 0 Å². The molecule has 0 saturated carbocycles. The van der Waals surface area contributed by atoms with Crippen molar-refractivity contribution in [2.75, 3.05) is 0 Å². The third kappa shape index (κ3) is 4.37. The van der Waals surface area contributed by atoms with Gasteiger partial charge in [0.05, 0.1) is 6.04 Å². The van der Waals surface area contributed by atoms with Crippen LogP contribution in [-0.4, -0.2) is 23.1 Å². The van der Waals surface area contributed by atoms with E-state index >= 15 is 0 Å². The number of hydrogen-bond donors (Lipinski definition) is 2. The monoisotopic (exact) mass is 437 g/mol. The van der Waals surface area contributed by atoms with Crippen LogP contribution in [-0.2, 0) is 11.3 Å². The molecule has 6 heteroatoms. The first kappa shape index (κ1) is 23.8. The highest BCUT2D eigenvalue weighted by Crippen LogP contribution is 2.46. The molecular formula is C26H35N3O3. The van der Waals surface area contributed by atoms with Crippen LogP contribution in [0, 0.1) is 12.3 Å². The number of β-lactam (4-membered cyclic amide) rings is 1. The number of benzene rings is 2. The lowest BCUT2D eigenvalue weighted by Gasteiger charge is -2.53. The molecule has 1 aliphatic rings. The van der Waals surface area contributed by atoms with Gasteiger partial charge in [-0.3, -0.25) is 4.79 Å². The zero-order valence-electron chi connectivity index (χ0n) is 19.6. The fourth-order valence-electron chi connectivity index (χ4n) is 4.43. The van der Waals surface area contributed by atoms with Crippen molar-refractivity contribution in [3.05, 3.63) is 65.2 Å². The maximum Gasteiger partial charge on any atom is 0.327 e. The predicted octanol–water partition coefficient (Wildman–Crippen LogP) is 5.06. The topological polar surface area (TPSA) is 84.7 Å². The van der Waals surface area contributed by atoms with E-state index < -0.39 is 17.7 Å². The van der Waals surface area contributed by atoms with E-state index in [4.69, 9.17) is 10.5 Å². The smallest absolute Gasteiger partial charge is 0.327 e. The molecule has 0 bridgehead atoms. The summed E-state index contributed by atoms with van der Waals surface area (Å²) in [5.74, 6) is 0.426. The van der Waals surface area contributed by atoms with E-state index in [1.807, 2.05) is 69.3 Å². The number of aryl methyl sites for hydroxylation is 1. The van der Waals surface area contributed by atoms with E-state index in [2.05, 4.69) is 12.2 Å². The van der Waals surface area contributed by atoms with Crippen molar-refractivity contribution in [2.45, 2.75) is 72.2 Å². The second-order valence-corrected chi connectivity index (χ2v) is 8.52. The molecule has 3 amide bonds. The van der Waals surface area contributed by atoms with Gasteiger partial charge in [0, 0.05) is 12.1 Å². The minimum absolute atomic E-state index is 0.170. The summed E-state index contributed by atoms with van der Waals surface area (Å²) in [6.45, 7) is 8.37. The zero-order valence-corrected chi connectivity index (χ0v) is 19.6. The lowest BCUT2D eigenvalue weighted by Crippen LogP contribution is -2.73. The molecule has 32 heavy (non-hydrogen) atoms. The molecule has 3 rings (SSSR count). The van der Waals surface area contributed by atoms with Gasteiger partial charge in [0.25, 0.3) is 0 Å². The molecule has 172 valence electrons. The van der Waals surface area contributed by atoms with Crippen molar-refractivity contribution >= 4 is 11.9 Å². The highest BCUT2D eigenvalue weighted by Gasteiger charge is 2.63. The van der Waals surface area contributed by atoms with Crippen molar-refractivity contribution in [3.8, 4) is 5.75 Å². The summed E-state index contributed by atoms with van der Waals surface area (Å²) < 4.78 is 6.30. The van der Waals surface area contributed by atoms with E-state index in [1.165, 1.54) is 4.90 Å². The summed E-state index contributed by atoms with van der Waals surface area (Å²) in [5, 5.41) is 3.08. The number of likely N-dealkylation sites (tertiary alicyclic amines) is 1. The number of carbonyl (C=O) groups is 2. The number of urea groups is 1. The van der Waals surface area contributed by atoms with Gasteiger partial charge in [-0.25, -0.2) is 9.69 Å². The Kier molecular flexibility index (Phi) is 7.56. The maximum atomic E-state index is 13.3. The van der Waals surface area contributed by atoms with Gasteiger partial charge in [-0.05, 0) is 37.8 Å². The molecule has 3 N–H and O–H groups in total. The van der Waals surface area contributed by atoms with Crippen LogP contribution in [0.15, 0.2) is 48.5 Å². The van der Waals surface area contributed by atoms with Crippen LogP contribution in [0.1, 0.15) is 69.2 Å². The van der Waals surface area contributed by atoms with Gasteiger partial charge in [0.15, 0.2) is 6.23 Å². The Morgan fingerprint density at radius 2 is 1.78 bits per heavy atom. The molecule has 2 atom stereocenters. The third-order valence-corrected chi connectivity index (χ3v) is 6.62. The Labute approximate surface area is 191 Å². The molecule has 0 radical (unpaired) electrons. The summed E-state index contributed by atoms with van der Waals surface area (Å²) in [4.78, 5) is 27.8. The number of ether oxygens (including phenoxy) is 1. The number of para-hydroxylation sites is 1. The first-order chi connectivity index (χ1) is 15.4. The lowest BCUT2D eigenvalue weighted by molar-refractivity contribution is -0.191. The van der Waals surface area contributed by atoms with E-state index in [1.54, 1.807) is 0 Å². The second-order valence-electron chi connectivity index (χ2n) is 8.52. The third-order valence-electron chi connectivity index (χ3n) is 6.62. The number of amides is 3. The molecular weight excluding hydrogens is 402 g/mol. The van der Waals surface area contributed by atoms with Crippen LogP contribution in [0.2, 0.25) is 0 Å². The number of nitrogens with zero attached hydrogens (tertiary/aromatic N) is 1. The maximum absolute atomic E-state index is 13.3. The molecule has 1 heterocycles. The van der Waals surface area contributed by atoms with Gasteiger partial charge in [-0.2, -0.15) is 0 Å². The number of nitrogens with one attached hydrogen (secondary N) is 1. The van der Waals surface area contributed by atoms with E-state index in [0.29, 0.717) is 25.1 Å². The van der Waals surface area contributed by atoms with Gasteiger partial charge in [0.1, 0.15) is 11.2 Å². The van der Waals surface area contributed by atoms with E-state index in [0.717, 1.165) is 29.5 Å².